The Morgan fingerprint density at radius 2 is 2.19 bits per heavy atom. The Balaban J connectivity index is 1.66. The van der Waals surface area contributed by atoms with Gasteiger partial charge in [-0.05, 0) is 30.7 Å². The van der Waals surface area contributed by atoms with Crippen LogP contribution in [-0.4, -0.2) is 41.3 Å². The number of nitrogens with one attached hydrogen (secondary N) is 1. The number of carboxylic acid groups (broad SMARTS) is 1. The Morgan fingerprint density at radius 3 is 2.85 bits per heavy atom. The fourth-order valence-corrected chi connectivity index (χ4v) is 2.64. The first-order valence-corrected chi connectivity index (χ1v) is 8.34. The van der Waals surface area contributed by atoms with Crippen LogP contribution in [0.3, 0.4) is 0 Å². The van der Waals surface area contributed by atoms with Crippen molar-refractivity contribution in [2.75, 3.05) is 13.2 Å². The first-order chi connectivity index (χ1) is 12.5. The molecule has 0 aliphatic carbocycles. The summed E-state index contributed by atoms with van der Waals surface area (Å²) in [5.41, 5.74) is 2.14. The van der Waals surface area contributed by atoms with Crippen LogP contribution in [0.2, 0.25) is 0 Å². The largest absolute Gasteiger partial charge is 0.488 e. The first kappa shape index (κ1) is 17.9. The van der Waals surface area contributed by atoms with E-state index in [9.17, 15) is 9.59 Å². The van der Waals surface area contributed by atoms with Crippen molar-refractivity contribution in [3.05, 3.63) is 58.9 Å². The molecule has 1 amide bonds. The van der Waals surface area contributed by atoms with Gasteiger partial charge in [0.1, 0.15) is 17.5 Å². The summed E-state index contributed by atoms with van der Waals surface area (Å²) in [6, 6.07) is 8.57. The molecule has 0 unspecified atom stereocenters. The lowest BCUT2D eigenvalue weighted by molar-refractivity contribution is 0.0689. The fraction of sp³-hybridized carbons (Fsp3) is 0.316. The van der Waals surface area contributed by atoms with Crippen molar-refractivity contribution in [2.45, 2.75) is 26.0 Å². The molecule has 0 radical (unpaired) electrons. The average Bonchev–Trinajstić information content (AvgIpc) is 3.14. The van der Waals surface area contributed by atoms with Crippen LogP contribution in [0.25, 0.3) is 0 Å². The number of carbonyl (C=O) groups is 2. The zero-order valence-corrected chi connectivity index (χ0v) is 14.4. The molecule has 1 aliphatic rings. The Hall–Kier alpha value is -2.93. The molecule has 2 N–H and O–H groups in total. The standard InChI is InChI=1S/C19H20N2O5/c1-12-2-3-13(17(8-12)26-15-6-7-25-11-15)9-21-18(22)14-4-5-16(19(23)24)20-10-14/h2-5,8,10,15H,6-7,9,11H2,1H3,(H,21,22)(H,23,24)/t15-/m1/s1. The van der Waals surface area contributed by atoms with Crippen LogP contribution in [0.5, 0.6) is 5.75 Å². The van der Waals surface area contributed by atoms with Crippen LogP contribution >= 0.6 is 0 Å². The number of benzene rings is 1. The van der Waals surface area contributed by atoms with Crippen LogP contribution in [0, 0.1) is 6.92 Å². The zero-order chi connectivity index (χ0) is 18.5. The number of ether oxygens (including phenoxy) is 2. The number of nitrogens with zero attached hydrogens (tertiary/aromatic N) is 1. The minimum absolute atomic E-state index is 0.0269. The molecular weight excluding hydrogens is 336 g/mol. The molecule has 0 spiro atoms. The monoisotopic (exact) mass is 356 g/mol. The molecule has 1 aliphatic heterocycles. The lowest BCUT2D eigenvalue weighted by Gasteiger charge is -2.17. The molecule has 136 valence electrons. The van der Waals surface area contributed by atoms with E-state index in [2.05, 4.69) is 10.3 Å². The highest BCUT2D eigenvalue weighted by Gasteiger charge is 2.19. The minimum Gasteiger partial charge on any atom is -0.488 e. The lowest BCUT2D eigenvalue weighted by Crippen LogP contribution is -2.24. The fourth-order valence-electron chi connectivity index (χ4n) is 2.64. The van der Waals surface area contributed by atoms with E-state index in [1.807, 2.05) is 25.1 Å². The Bertz CT molecular complexity index is 798. The summed E-state index contributed by atoms with van der Waals surface area (Å²) < 4.78 is 11.4. The second-order valence-electron chi connectivity index (χ2n) is 6.13. The van der Waals surface area contributed by atoms with Gasteiger partial charge in [0, 0.05) is 24.7 Å². The third-order valence-corrected chi connectivity index (χ3v) is 4.09. The number of amides is 1. The summed E-state index contributed by atoms with van der Waals surface area (Å²) in [5, 5.41) is 11.7. The maximum absolute atomic E-state index is 12.3. The van der Waals surface area contributed by atoms with Gasteiger partial charge in [0.2, 0.25) is 0 Å². The quantitative estimate of drug-likeness (QED) is 0.823. The summed E-state index contributed by atoms with van der Waals surface area (Å²) in [4.78, 5) is 26.8. The molecule has 1 saturated heterocycles. The normalized spacial score (nSPS) is 16.3. The lowest BCUT2D eigenvalue weighted by atomic mass is 10.1. The topological polar surface area (TPSA) is 97.8 Å². The number of hydrogen-bond acceptors (Lipinski definition) is 5. The predicted molar refractivity (Wildman–Crippen MR) is 93.4 cm³/mol. The van der Waals surface area contributed by atoms with E-state index < -0.39 is 5.97 Å². The summed E-state index contributed by atoms with van der Waals surface area (Å²) >= 11 is 0. The van der Waals surface area contributed by atoms with Crippen molar-refractivity contribution >= 4 is 11.9 Å². The molecule has 7 heteroatoms. The average molecular weight is 356 g/mol. The predicted octanol–water partition coefficient (Wildman–Crippen LogP) is 2.19. The van der Waals surface area contributed by atoms with Gasteiger partial charge in [-0.1, -0.05) is 12.1 Å². The number of carboxylic acids is 1. The van der Waals surface area contributed by atoms with Gasteiger partial charge in [0.05, 0.1) is 18.8 Å². The first-order valence-electron chi connectivity index (χ1n) is 8.34. The number of carbonyl (C=O) groups excluding carboxylic acids is 1. The summed E-state index contributed by atoms with van der Waals surface area (Å²) in [5.74, 6) is -0.723. The molecule has 7 nitrogen and oxygen atoms in total. The molecule has 1 aromatic carbocycles. The van der Waals surface area contributed by atoms with Crippen molar-refractivity contribution in [3.8, 4) is 5.75 Å². The minimum atomic E-state index is -1.13. The van der Waals surface area contributed by atoms with Gasteiger partial charge in [-0.3, -0.25) is 4.79 Å². The third-order valence-electron chi connectivity index (χ3n) is 4.09. The maximum atomic E-state index is 12.3. The number of pyridine rings is 1. The highest BCUT2D eigenvalue weighted by Crippen LogP contribution is 2.24. The van der Waals surface area contributed by atoms with E-state index in [4.69, 9.17) is 14.6 Å². The number of rotatable bonds is 6. The maximum Gasteiger partial charge on any atom is 0.354 e. The van der Waals surface area contributed by atoms with Gasteiger partial charge in [0.15, 0.2) is 0 Å². The van der Waals surface area contributed by atoms with Crippen LogP contribution in [0.15, 0.2) is 36.5 Å². The summed E-state index contributed by atoms with van der Waals surface area (Å²) in [6.07, 6.45) is 2.13. The van der Waals surface area contributed by atoms with Crippen molar-refractivity contribution in [1.82, 2.24) is 10.3 Å². The van der Waals surface area contributed by atoms with Crippen LogP contribution in [0.4, 0.5) is 0 Å². The molecule has 26 heavy (non-hydrogen) atoms. The molecule has 0 bridgehead atoms. The number of aromatic carboxylic acids is 1. The van der Waals surface area contributed by atoms with E-state index in [-0.39, 0.29) is 17.7 Å². The number of aromatic nitrogens is 1. The highest BCUT2D eigenvalue weighted by molar-refractivity contribution is 5.94. The van der Waals surface area contributed by atoms with Crippen molar-refractivity contribution in [2.24, 2.45) is 0 Å². The number of aryl methyl sites for hydroxylation is 1. The summed E-state index contributed by atoms with van der Waals surface area (Å²) in [7, 11) is 0. The SMILES string of the molecule is Cc1ccc(CNC(=O)c2ccc(C(=O)O)nc2)c(O[C@@H]2CCOC2)c1. The van der Waals surface area contributed by atoms with E-state index in [1.165, 1.54) is 18.3 Å². The molecular formula is C19H20N2O5. The zero-order valence-electron chi connectivity index (χ0n) is 14.4. The molecule has 2 aromatic rings. The van der Waals surface area contributed by atoms with Crippen LogP contribution in [-0.2, 0) is 11.3 Å². The van der Waals surface area contributed by atoms with Crippen molar-refractivity contribution < 1.29 is 24.2 Å². The smallest absolute Gasteiger partial charge is 0.354 e. The van der Waals surface area contributed by atoms with E-state index in [0.29, 0.717) is 25.3 Å². The third kappa shape index (κ3) is 4.37. The second kappa shape index (κ2) is 7.97. The molecule has 3 rings (SSSR count). The van der Waals surface area contributed by atoms with Gasteiger partial charge < -0.3 is 19.9 Å². The van der Waals surface area contributed by atoms with Crippen molar-refractivity contribution in [1.29, 1.82) is 0 Å². The van der Waals surface area contributed by atoms with Crippen molar-refractivity contribution in [3.63, 3.8) is 0 Å². The Labute approximate surface area is 151 Å². The molecule has 2 heterocycles. The van der Waals surface area contributed by atoms with Gasteiger partial charge in [-0.15, -0.1) is 0 Å². The van der Waals surface area contributed by atoms with Gasteiger partial charge >= 0.3 is 5.97 Å². The highest BCUT2D eigenvalue weighted by atomic mass is 16.5. The molecule has 1 fully saturated rings. The molecule has 1 aromatic heterocycles. The van der Waals surface area contributed by atoms with Gasteiger partial charge in [-0.2, -0.15) is 0 Å². The second-order valence-corrected chi connectivity index (χ2v) is 6.13. The Kier molecular flexibility index (Phi) is 5.48. The van der Waals surface area contributed by atoms with Crippen LogP contribution in [0.1, 0.15) is 38.4 Å². The Morgan fingerprint density at radius 1 is 1.35 bits per heavy atom. The van der Waals surface area contributed by atoms with Crippen LogP contribution < -0.4 is 10.1 Å². The van der Waals surface area contributed by atoms with Gasteiger partial charge in [-0.25, -0.2) is 9.78 Å². The van der Waals surface area contributed by atoms with Gasteiger partial charge in [0.25, 0.3) is 5.91 Å². The van der Waals surface area contributed by atoms with E-state index in [1.54, 1.807) is 0 Å². The van der Waals surface area contributed by atoms with E-state index >= 15 is 0 Å². The van der Waals surface area contributed by atoms with E-state index in [0.717, 1.165) is 23.3 Å². The molecule has 1 atom stereocenters. The number of hydrogen-bond donors (Lipinski definition) is 2. The molecule has 0 saturated carbocycles. The summed E-state index contributed by atoms with van der Waals surface area (Å²) in [6.45, 7) is 3.54.